The van der Waals surface area contributed by atoms with E-state index in [1.165, 1.54) is 0 Å². The Bertz CT molecular complexity index is 311. The van der Waals surface area contributed by atoms with Crippen LogP contribution in [0.25, 0.3) is 0 Å². The van der Waals surface area contributed by atoms with Crippen LogP contribution in [-0.2, 0) is 4.79 Å². The van der Waals surface area contributed by atoms with Gasteiger partial charge < -0.3 is 15.3 Å². The molecule has 1 rings (SSSR count). The van der Waals surface area contributed by atoms with Crippen LogP contribution < -0.4 is 5.32 Å². The predicted octanol–water partition coefficient (Wildman–Crippen LogP) is 1.07. The molecular formula is C16H33N3O2. The molecule has 0 saturated carbocycles. The highest BCUT2D eigenvalue weighted by atomic mass is 16.3. The molecule has 0 bridgehead atoms. The van der Waals surface area contributed by atoms with Gasteiger partial charge in [0.05, 0.1) is 12.6 Å². The number of carbonyl (C=O) groups is 1. The average molecular weight is 299 g/mol. The minimum Gasteiger partial charge on any atom is -0.392 e. The van der Waals surface area contributed by atoms with Gasteiger partial charge in [-0.2, -0.15) is 0 Å². The van der Waals surface area contributed by atoms with Crippen molar-refractivity contribution in [3.8, 4) is 0 Å². The van der Waals surface area contributed by atoms with Gasteiger partial charge in [0.2, 0.25) is 5.91 Å². The lowest BCUT2D eigenvalue weighted by Gasteiger charge is -2.35. The number of aliphatic hydroxyl groups excluding tert-OH is 1. The molecule has 0 spiro atoms. The molecule has 124 valence electrons. The molecule has 0 radical (unpaired) electrons. The third-order valence-electron chi connectivity index (χ3n) is 4.20. The SMILES string of the molecule is CC(O)CN(CC(=O)NC1CCN(C(C)C)CC1)C(C)C. The van der Waals surface area contributed by atoms with Crippen molar-refractivity contribution in [3.05, 3.63) is 0 Å². The van der Waals surface area contributed by atoms with Crippen LogP contribution in [0.2, 0.25) is 0 Å². The van der Waals surface area contributed by atoms with Gasteiger partial charge in [-0.15, -0.1) is 0 Å². The Morgan fingerprint density at radius 3 is 2.24 bits per heavy atom. The fourth-order valence-corrected chi connectivity index (χ4v) is 2.82. The van der Waals surface area contributed by atoms with Gasteiger partial charge in [-0.1, -0.05) is 0 Å². The molecule has 1 heterocycles. The van der Waals surface area contributed by atoms with Gasteiger partial charge in [0.15, 0.2) is 0 Å². The lowest BCUT2D eigenvalue weighted by Crippen LogP contribution is -2.50. The van der Waals surface area contributed by atoms with Crippen molar-refractivity contribution in [2.45, 2.75) is 71.7 Å². The number of aliphatic hydroxyl groups is 1. The Morgan fingerprint density at radius 1 is 1.24 bits per heavy atom. The highest BCUT2D eigenvalue weighted by Crippen LogP contribution is 2.13. The smallest absolute Gasteiger partial charge is 0.234 e. The zero-order chi connectivity index (χ0) is 16.0. The first-order valence-corrected chi connectivity index (χ1v) is 8.25. The van der Waals surface area contributed by atoms with Crippen molar-refractivity contribution < 1.29 is 9.90 Å². The summed E-state index contributed by atoms with van der Waals surface area (Å²) in [6, 6.07) is 1.14. The van der Waals surface area contributed by atoms with Gasteiger partial charge in [0.25, 0.3) is 0 Å². The summed E-state index contributed by atoms with van der Waals surface area (Å²) < 4.78 is 0. The van der Waals surface area contributed by atoms with Gasteiger partial charge in [0, 0.05) is 37.8 Å². The molecule has 5 nitrogen and oxygen atoms in total. The summed E-state index contributed by atoms with van der Waals surface area (Å²) in [7, 11) is 0. The van der Waals surface area contributed by atoms with Gasteiger partial charge >= 0.3 is 0 Å². The molecule has 21 heavy (non-hydrogen) atoms. The lowest BCUT2D eigenvalue weighted by atomic mass is 10.0. The largest absolute Gasteiger partial charge is 0.392 e. The van der Waals surface area contributed by atoms with Crippen LogP contribution in [0, 0.1) is 0 Å². The van der Waals surface area contributed by atoms with E-state index in [2.05, 4.69) is 37.9 Å². The molecule has 0 aromatic heterocycles. The number of piperidine rings is 1. The summed E-state index contributed by atoms with van der Waals surface area (Å²) in [5, 5.41) is 12.7. The van der Waals surface area contributed by atoms with Crippen LogP contribution in [0.5, 0.6) is 0 Å². The highest BCUT2D eigenvalue weighted by molar-refractivity contribution is 5.78. The monoisotopic (exact) mass is 299 g/mol. The number of hydrogen-bond donors (Lipinski definition) is 2. The predicted molar refractivity (Wildman–Crippen MR) is 86.3 cm³/mol. The summed E-state index contributed by atoms with van der Waals surface area (Å²) in [6.45, 7) is 13.3. The molecule has 5 heteroatoms. The molecule has 0 aliphatic carbocycles. The Balaban J connectivity index is 2.36. The second-order valence-electron chi connectivity index (χ2n) is 6.84. The van der Waals surface area contributed by atoms with E-state index in [1.54, 1.807) is 6.92 Å². The van der Waals surface area contributed by atoms with Crippen LogP contribution in [0.4, 0.5) is 0 Å². The molecule has 1 saturated heterocycles. The Kier molecular flexibility index (Phi) is 7.63. The summed E-state index contributed by atoms with van der Waals surface area (Å²) in [5.41, 5.74) is 0. The third-order valence-corrected chi connectivity index (χ3v) is 4.20. The van der Waals surface area contributed by atoms with Crippen LogP contribution >= 0.6 is 0 Å². The summed E-state index contributed by atoms with van der Waals surface area (Å²) in [5.74, 6) is 0.0762. The summed E-state index contributed by atoms with van der Waals surface area (Å²) in [4.78, 5) is 16.6. The molecule has 1 fully saturated rings. The first kappa shape index (κ1) is 18.4. The Hall–Kier alpha value is -0.650. The van der Waals surface area contributed by atoms with E-state index >= 15 is 0 Å². The topological polar surface area (TPSA) is 55.8 Å². The van der Waals surface area contributed by atoms with Crippen molar-refractivity contribution in [1.82, 2.24) is 15.1 Å². The molecule has 1 aliphatic rings. The minimum atomic E-state index is -0.408. The van der Waals surface area contributed by atoms with E-state index in [0.717, 1.165) is 25.9 Å². The first-order valence-electron chi connectivity index (χ1n) is 8.25. The van der Waals surface area contributed by atoms with Gasteiger partial charge in [-0.3, -0.25) is 9.69 Å². The quantitative estimate of drug-likeness (QED) is 0.738. The molecule has 1 unspecified atom stereocenters. The van der Waals surface area contributed by atoms with Gasteiger partial charge in [-0.25, -0.2) is 0 Å². The number of likely N-dealkylation sites (tertiary alicyclic amines) is 1. The zero-order valence-corrected chi connectivity index (χ0v) is 14.3. The van der Waals surface area contributed by atoms with E-state index in [9.17, 15) is 9.90 Å². The fourth-order valence-electron chi connectivity index (χ4n) is 2.82. The molecule has 1 aliphatic heterocycles. The maximum Gasteiger partial charge on any atom is 0.234 e. The maximum absolute atomic E-state index is 12.2. The number of amides is 1. The normalized spacial score (nSPS) is 19.5. The van der Waals surface area contributed by atoms with Gasteiger partial charge in [0.1, 0.15) is 0 Å². The number of nitrogens with one attached hydrogen (secondary N) is 1. The van der Waals surface area contributed by atoms with E-state index < -0.39 is 6.10 Å². The molecular weight excluding hydrogens is 266 g/mol. The van der Waals surface area contributed by atoms with Gasteiger partial charge in [-0.05, 0) is 47.5 Å². The second kappa shape index (κ2) is 8.71. The first-order chi connectivity index (χ1) is 9.79. The number of carbonyl (C=O) groups excluding carboxylic acids is 1. The Labute approximate surface area is 129 Å². The number of nitrogens with zero attached hydrogens (tertiary/aromatic N) is 2. The molecule has 0 aromatic carbocycles. The fraction of sp³-hybridized carbons (Fsp3) is 0.938. The molecule has 1 atom stereocenters. The van der Waals surface area contributed by atoms with E-state index in [4.69, 9.17) is 0 Å². The van der Waals surface area contributed by atoms with E-state index in [1.807, 2.05) is 4.90 Å². The number of rotatable bonds is 7. The van der Waals surface area contributed by atoms with Crippen molar-refractivity contribution in [3.63, 3.8) is 0 Å². The summed E-state index contributed by atoms with van der Waals surface area (Å²) in [6.07, 6.45) is 1.65. The van der Waals surface area contributed by atoms with E-state index in [-0.39, 0.29) is 11.9 Å². The highest BCUT2D eigenvalue weighted by Gasteiger charge is 2.23. The number of hydrogen-bond acceptors (Lipinski definition) is 4. The van der Waals surface area contributed by atoms with E-state index in [0.29, 0.717) is 25.2 Å². The third kappa shape index (κ3) is 6.76. The molecule has 2 N–H and O–H groups in total. The standard InChI is InChI=1S/C16H33N3O2/c1-12(2)18-8-6-15(7-9-18)17-16(21)11-19(13(3)4)10-14(5)20/h12-15,20H,6-11H2,1-5H3,(H,17,21). The molecule has 0 aromatic rings. The van der Waals surface area contributed by atoms with Crippen molar-refractivity contribution in [2.75, 3.05) is 26.2 Å². The maximum atomic E-state index is 12.2. The lowest BCUT2D eigenvalue weighted by molar-refractivity contribution is -0.124. The van der Waals surface area contributed by atoms with Crippen LogP contribution in [0.15, 0.2) is 0 Å². The Morgan fingerprint density at radius 2 is 1.81 bits per heavy atom. The van der Waals surface area contributed by atoms with Crippen LogP contribution in [-0.4, -0.2) is 71.2 Å². The minimum absolute atomic E-state index is 0.0762. The summed E-state index contributed by atoms with van der Waals surface area (Å²) >= 11 is 0. The average Bonchev–Trinajstić information content (AvgIpc) is 2.37. The van der Waals surface area contributed by atoms with Crippen molar-refractivity contribution in [2.24, 2.45) is 0 Å². The zero-order valence-electron chi connectivity index (χ0n) is 14.3. The molecule has 1 amide bonds. The van der Waals surface area contributed by atoms with Crippen LogP contribution in [0.1, 0.15) is 47.5 Å². The van der Waals surface area contributed by atoms with Crippen molar-refractivity contribution in [1.29, 1.82) is 0 Å². The second-order valence-corrected chi connectivity index (χ2v) is 6.84. The van der Waals surface area contributed by atoms with Crippen LogP contribution in [0.3, 0.4) is 0 Å². The van der Waals surface area contributed by atoms with Crippen molar-refractivity contribution >= 4 is 5.91 Å².